The molecule has 1 aromatic carbocycles. The molecule has 0 bridgehead atoms. The molecule has 2 nitrogen and oxygen atoms in total. The fourth-order valence-corrected chi connectivity index (χ4v) is 1.92. The smallest absolute Gasteiger partial charge is 0.419 e. The molecule has 19 heavy (non-hydrogen) atoms. The Morgan fingerprint density at radius 2 is 1.79 bits per heavy atom. The zero-order valence-corrected chi connectivity index (χ0v) is 10.8. The van der Waals surface area contributed by atoms with Gasteiger partial charge in [-0.1, -0.05) is 0 Å². The van der Waals surface area contributed by atoms with Crippen molar-refractivity contribution in [2.45, 2.75) is 25.1 Å². The minimum Gasteiger partial charge on any atom is -0.490 e. The van der Waals surface area contributed by atoms with Gasteiger partial charge in [-0.2, -0.15) is 13.2 Å². The number of piperidine rings is 1. The standard InChI is InChI=1S/C12H13F4NO.ClH/c13-8-1-2-10(12(14,15)16)11(7-8)18-9-3-5-17-6-4-9;/h1-2,7,9,17H,3-6H2;1H. The first-order chi connectivity index (χ1) is 8.47. The highest BCUT2D eigenvalue weighted by molar-refractivity contribution is 5.85. The average Bonchev–Trinajstić information content (AvgIpc) is 2.28. The summed E-state index contributed by atoms with van der Waals surface area (Å²) in [6.07, 6.45) is -3.59. The van der Waals surface area contributed by atoms with Crippen molar-refractivity contribution in [1.82, 2.24) is 5.32 Å². The molecule has 1 aromatic rings. The van der Waals surface area contributed by atoms with E-state index in [1.165, 1.54) is 0 Å². The van der Waals surface area contributed by atoms with E-state index >= 15 is 0 Å². The number of alkyl halides is 3. The minimum atomic E-state index is -4.53. The maximum atomic E-state index is 13.0. The van der Waals surface area contributed by atoms with E-state index in [1.807, 2.05) is 0 Å². The summed E-state index contributed by atoms with van der Waals surface area (Å²) in [6.45, 7) is 1.39. The summed E-state index contributed by atoms with van der Waals surface area (Å²) >= 11 is 0. The molecule has 1 N–H and O–H groups in total. The van der Waals surface area contributed by atoms with E-state index in [4.69, 9.17) is 4.74 Å². The predicted molar refractivity (Wildman–Crippen MR) is 65.2 cm³/mol. The summed E-state index contributed by atoms with van der Waals surface area (Å²) < 4.78 is 56.5. The van der Waals surface area contributed by atoms with Crippen LogP contribution < -0.4 is 10.1 Å². The van der Waals surface area contributed by atoms with E-state index in [0.29, 0.717) is 32.0 Å². The molecule has 108 valence electrons. The second kappa shape index (κ2) is 6.43. The minimum absolute atomic E-state index is 0. The van der Waals surface area contributed by atoms with Gasteiger partial charge in [0.1, 0.15) is 17.7 Å². The third-order valence-electron chi connectivity index (χ3n) is 2.83. The van der Waals surface area contributed by atoms with Crippen LogP contribution in [0.3, 0.4) is 0 Å². The van der Waals surface area contributed by atoms with Crippen LogP contribution in [0.1, 0.15) is 18.4 Å². The van der Waals surface area contributed by atoms with Crippen molar-refractivity contribution in [1.29, 1.82) is 0 Å². The van der Waals surface area contributed by atoms with Gasteiger partial charge in [0.25, 0.3) is 0 Å². The number of benzene rings is 1. The van der Waals surface area contributed by atoms with E-state index in [-0.39, 0.29) is 18.5 Å². The van der Waals surface area contributed by atoms with E-state index < -0.39 is 23.3 Å². The van der Waals surface area contributed by atoms with Crippen LogP contribution in [-0.2, 0) is 6.18 Å². The second-order valence-corrected chi connectivity index (χ2v) is 4.21. The van der Waals surface area contributed by atoms with Gasteiger partial charge in [-0.3, -0.25) is 0 Å². The molecular weight excluding hydrogens is 286 g/mol. The molecule has 2 rings (SSSR count). The van der Waals surface area contributed by atoms with Crippen molar-refractivity contribution >= 4 is 12.4 Å². The molecule has 1 fully saturated rings. The fraction of sp³-hybridized carbons (Fsp3) is 0.500. The van der Waals surface area contributed by atoms with E-state index in [0.717, 1.165) is 12.1 Å². The first kappa shape index (κ1) is 16.0. The Kier molecular flexibility index (Phi) is 5.43. The van der Waals surface area contributed by atoms with Crippen LogP contribution in [0.2, 0.25) is 0 Å². The Labute approximate surface area is 114 Å². The van der Waals surface area contributed by atoms with Crippen molar-refractivity contribution in [3.05, 3.63) is 29.6 Å². The molecule has 0 aliphatic carbocycles. The summed E-state index contributed by atoms with van der Waals surface area (Å²) in [5.41, 5.74) is -0.928. The molecular formula is C12H14ClF4NO. The molecule has 1 aliphatic heterocycles. The SMILES string of the molecule is Cl.Fc1ccc(C(F)(F)F)c(OC2CCNCC2)c1. The molecule has 0 amide bonds. The molecule has 1 saturated heterocycles. The molecule has 0 saturated carbocycles. The Balaban J connectivity index is 0.00000180. The number of rotatable bonds is 2. The normalized spacial score (nSPS) is 16.8. The van der Waals surface area contributed by atoms with Gasteiger partial charge in [-0.15, -0.1) is 12.4 Å². The Hall–Kier alpha value is -1.01. The molecule has 7 heteroatoms. The van der Waals surface area contributed by atoms with Crippen LogP contribution in [0.25, 0.3) is 0 Å². The van der Waals surface area contributed by atoms with Crippen LogP contribution in [0.5, 0.6) is 5.75 Å². The van der Waals surface area contributed by atoms with Gasteiger partial charge in [0.15, 0.2) is 0 Å². The number of nitrogens with one attached hydrogen (secondary N) is 1. The third-order valence-corrected chi connectivity index (χ3v) is 2.83. The highest BCUT2D eigenvalue weighted by Crippen LogP contribution is 2.37. The highest BCUT2D eigenvalue weighted by Gasteiger charge is 2.35. The van der Waals surface area contributed by atoms with Crippen LogP contribution >= 0.6 is 12.4 Å². The number of hydrogen-bond acceptors (Lipinski definition) is 2. The number of ether oxygens (including phenoxy) is 1. The van der Waals surface area contributed by atoms with E-state index in [2.05, 4.69) is 5.32 Å². The second-order valence-electron chi connectivity index (χ2n) is 4.21. The Morgan fingerprint density at radius 1 is 1.16 bits per heavy atom. The Bertz CT molecular complexity index is 419. The topological polar surface area (TPSA) is 21.3 Å². The summed E-state index contributed by atoms with van der Waals surface area (Å²) in [5, 5.41) is 3.08. The summed E-state index contributed by atoms with van der Waals surface area (Å²) in [6, 6.07) is 2.30. The Morgan fingerprint density at radius 3 is 2.37 bits per heavy atom. The first-order valence-electron chi connectivity index (χ1n) is 5.71. The van der Waals surface area contributed by atoms with Gasteiger partial charge in [0.05, 0.1) is 5.56 Å². The maximum absolute atomic E-state index is 13.0. The van der Waals surface area contributed by atoms with Crippen molar-refractivity contribution in [3.63, 3.8) is 0 Å². The van der Waals surface area contributed by atoms with Crippen LogP contribution in [0.4, 0.5) is 17.6 Å². The lowest BCUT2D eigenvalue weighted by Crippen LogP contribution is -2.34. The van der Waals surface area contributed by atoms with E-state index in [1.54, 1.807) is 0 Å². The van der Waals surface area contributed by atoms with Gasteiger partial charge in [0, 0.05) is 6.07 Å². The van der Waals surface area contributed by atoms with Crippen LogP contribution in [0.15, 0.2) is 18.2 Å². The molecule has 0 radical (unpaired) electrons. The van der Waals surface area contributed by atoms with Gasteiger partial charge >= 0.3 is 6.18 Å². The fourth-order valence-electron chi connectivity index (χ4n) is 1.92. The van der Waals surface area contributed by atoms with Crippen molar-refractivity contribution < 1.29 is 22.3 Å². The molecule has 0 spiro atoms. The summed E-state index contributed by atoms with van der Waals surface area (Å²) in [7, 11) is 0. The predicted octanol–water partition coefficient (Wildman–Crippen LogP) is 3.40. The largest absolute Gasteiger partial charge is 0.490 e. The van der Waals surface area contributed by atoms with Gasteiger partial charge in [-0.05, 0) is 38.1 Å². The molecule has 0 atom stereocenters. The zero-order valence-electron chi connectivity index (χ0n) is 9.97. The van der Waals surface area contributed by atoms with Crippen molar-refractivity contribution in [2.24, 2.45) is 0 Å². The number of hydrogen-bond donors (Lipinski definition) is 1. The molecule has 1 heterocycles. The highest BCUT2D eigenvalue weighted by atomic mass is 35.5. The van der Waals surface area contributed by atoms with Crippen molar-refractivity contribution in [3.8, 4) is 5.75 Å². The van der Waals surface area contributed by atoms with Crippen LogP contribution in [-0.4, -0.2) is 19.2 Å². The first-order valence-corrected chi connectivity index (χ1v) is 5.71. The molecule has 0 unspecified atom stereocenters. The lowest BCUT2D eigenvalue weighted by Gasteiger charge is -2.25. The van der Waals surface area contributed by atoms with Gasteiger partial charge < -0.3 is 10.1 Å². The number of halogens is 5. The summed E-state index contributed by atoms with van der Waals surface area (Å²) in [5.74, 6) is -1.15. The lowest BCUT2D eigenvalue weighted by atomic mass is 10.1. The zero-order chi connectivity index (χ0) is 13.2. The monoisotopic (exact) mass is 299 g/mol. The lowest BCUT2D eigenvalue weighted by molar-refractivity contribution is -0.139. The van der Waals surface area contributed by atoms with Crippen molar-refractivity contribution in [2.75, 3.05) is 13.1 Å². The van der Waals surface area contributed by atoms with Gasteiger partial charge in [0.2, 0.25) is 0 Å². The third kappa shape index (κ3) is 4.24. The van der Waals surface area contributed by atoms with E-state index in [9.17, 15) is 17.6 Å². The maximum Gasteiger partial charge on any atom is 0.419 e. The average molecular weight is 300 g/mol. The quantitative estimate of drug-likeness (QED) is 0.845. The van der Waals surface area contributed by atoms with Crippen LogP contribution in [0, 0.1) is 5.82 Å². The summed E-state index contributed by atoms with van der Waals surface area (Å²) in [4.78, 5) is 0. The molecule has 0 aromatic heterocycles. The van der Waals surface area contributed by atoms with Gasteiger partial charge in [-0.25, -0.2) is 4.39 Å². The molecule has 1 aliphatic rings.